The zero-order chi connectivity index (χ0) is 28.8. The van der Waals surface area contributed by atoms with Gasteiger partial charge in [-0.1, -0.05) is 49.9 Å². The van der Waals surface area contributed by atoms with Crippen molar-refractivity contribution in [3.05, 3.63) is 77.3 Å². The van der Waals surface area contributed by atoms with Gasteiger partial charge in [-0.25, -0.2) is 8.42 Å². The molecule has 0 unspecified atom stereocenters. The van der Waals surface area contributed by atoms with Gasteiger partial charge in [-0.3, -0.25) is 4.79 Å². The highest BCUT2D eigenvalue weighted by molar-refractivity contribution is 7.89. The van der Waals surface area contributed by atoms with Crippen LogP contribution in [0.5, 0.6) is 5.75 Å². The van der Waals surface area contributed by atoms with Crippen molar-refractivity contribution in [1.29, 1.82) is 0 Å². The molecular weight excluding hydrogens is 548 g/mol. The van der Waals surface area contributed by atoms with Crippen LogP contribution in [0.4, 0.5) is 22.7 Å². The first-order valence-electron chi connectivity index (χ1n) is 13.4. The first-order valence-corrected chi connectivity index (χ1v) is 15.8. The highest BCUT2D eigenvalue weighted by Crippen LogP contribution is 2.31. The zero-order valence-corrected chi connectivity index (χ0v) is 24.5. The van der Waals surface area contributed by atoms with E-state index in [1.165, 1.54) is 6.26 Å². The summed E-state index contributed by atoms with van der Waals surface area (Å²) in [6.45, 7) is 2.52. The summed E-state index contributed by atoms with van der Waals surface area (Å²) in [4.78, 5) is 11.3. The normalized spacial score (nSPS) is 11.9. The Hall–Kier alpha value is -3.43. The third kappa shape index (κ3) is 11.8. The number of ketones is 1. The van der Waals surface area contributed by atoms with Crippen LogP contribution < -0.4 is 4.74 Å². The standard InChI is InChI=1S/C30H35ClN4O4S/c1-3-27(36)9-7-5-4-6-8-20-39-28-18-19-30(29(31)21-28)35-34-26-16-14-25(15-17-26)33-32-24-12-10-23(11-13-24)22-40(2,37)38/h10-19,21H,3-9,20,22H2,1-2H3. The van der Waals surface area contributed by atoms with E-state index in [2.05, 4.69) is 20.5 Å². The molecule has 10 heteroatoms. The van der Waals surface area contributed by atoms with Crippen molar-refractivity contribution in [3.8, 4) is 5.75 Å². The molecule has 0 spiro atoms. The molecule has 0 N–H and O–H groups in total. The summed E-state index contributed by atoms with van der Waals surface area (Å²) in [6.07, 6.45) is 7.71. The Bertz CT molecular complexity index is 1410. The fourth-order valence-electron chi connectivity index (χ4n) is 3.75. The summed E-state index contributed by atoms with van der Waals surface area (Å²) in [7, 11) is -3.08. The number of nitrogens with zero attached hydrogens (tertiary/aromatic N) is 4. The molecule has 0 atom stereocenters. The quantitative estimate of drug-likeness (QED) is 0.124. The molecule has 0 saturated carbocycles. The fourth-order valence-corrected chi connectivity index (χ4v) is 4.76. The number of unbranched alkanes of at least 4 members (excludes halogenated alkanes) is 4. The Labute approximate surface area is 241 Å². The lowest BCUT2D eigenvalue weighted by Gasteiger charge is -2.07. The first kappa shape index (κ1) is 31.1. The molecule has 0 saturated heterocycles. The molecule has 3 aromatic carbocycles. The van der Waals surface area contributed by atoms with Crippen molar-refractivity contribution in [1.82, 2.24) is 0 Å². The summed E-state index contributed by atoms with van der Waals surface area (Å²) in [5.74, 6) is 1.03. The van der Waals surface area contributed by atoms with Crippen LogP contribution in [0.15, 0.2) is 87.2 Å². The molecule has 0 amide bonds. The van der Waals surface area contributed by atoms with Crippen LogP contribution in [0.2, 0.25) is 5.02 Å². The topological polar surface area (TPSA) is 110 Å². The molecule has 212 valence electrons. The van der Waals surface area contributed by atoms with E-state index in [0.29, 0.717) is 64.3 Å². The van der Waals surface area contributed by atoms with Crippen LogP contribution in [0, 0.1) is 0 Å². The number of sulfone groups is 1. The lowest BCUT2D eigenvalue weighted by Crippen LogP contribution is -1.99. The number of Topliss-reactive ketones (excluding diaryl/α,β-unsaturated/α-hetero) is 1. The van der Waals surface area contributed by atoms with Crippen LogP contribution in [-0.2, 0) is 20.4 Å². The molecule has 0 aliphatic heterocycles. The molecule has 40 heavy (non-hydrogen) atoms. The number of ether oxygens (including phenoxy) is 1. The maximum absolute atomic E-state index is 11.4. The average Bonchev–Trinajstić information content (AvgIpc) is 2.93. The van der Waals surface area contributed by atoms with Crippen molar-refractivity contribution >= 4 is 50.0 Å². The molecule has 3 rings (SSSR count). The maximum Gasteiger partial charge on any atom is 0.151 e. The third-order valence-electron chi connectivity index (χ3n) is 5.95. The van der Waals surface area contributed by atoms with E-state index < -0.39 is 9.84 Å². The summed E-state index contributed by atoms with van der Waals surface area (Å²) in [5.41, 5.74) is 3.15. The summed E-state index contributed by atoms with van der Waals surface area (Å²) in [6, 6.07) is 19.4. The Morgan fingerprint density at radius 1 is 0.775 bits per heavy atom. The number of azo groups is 2. The number of carbonyl (C=O) groups excluding carboxylic acids is 1. The summed E-state index contributed by atoms with van der Waals surface area (Å²) >= 11 is 6.38. The average molecular weight is 583 g/mol. The van der Waals surface area contributed by atoms with Gasteiger partial charge in [0.1, 0.15) is 17.2 Å². The molecule has 3 aromatic rings. The first-order chi connectivity index (χ1) is 19.2. The third-order valence-corrected chi connectivity index (χ3v) is 7.11. The molecule has 0 aliphatic carbocycles. The highest BCUT2D eigenvalue weighted by atomic mass is 35.5. The minimum atomic E-state index is -3.08. The maximum atomic E-state index is 11.4. The zero-order valence-electron chi connectivity index (χ0n) is 22.9. The van der Waals surface area contributed by atoms with E-state index in [4.69, 9.17) is 16.3 Å². The molecule has 0 fully saturated rings. The van der Waals surface area contributed by atoms with E-state index in [-0.39, 0.29) is 5.75 Å². The van der Waals surface area contributed by atoms with Gasteiger partial charge < -0.3 is 4.74 Å². The van der Waals surface area contributed by atoms with Gasteiger partial charge in [0.05, 0.1) is 34.4 Å². The Balaban J connectivity index is 1.43. The number of hydrogen-bond donors (Lipinski definition) is 0. The molecule has 0 radical (unpaired) electrons. The molecule has 8 nitrogen and oxygen atoms in total. The van der Waals surface area contributed by atoms with Gasteiger partial charge in [-0.15, -0.1) is 5.11 Å². The van der Waals surface area contributed by atoms with Gasteiger partial charge in [0.2, 0.25) is 0 Å². The SMILES string of the molecule is CCC(=O)CCCCCCCOc1ccc(N=Nc2ccc(N=Nc3ccc(CS(C)(=O)=O)cc3)cc2)c(Cl)c1. The number of halogens is 1. The summed E-state index contributed by atoms with van der Waals surface area (Å²) < 4.78 is 28.6. The molecule has 0 heterocycles. The smallest absolute Gasteiger partial charge is 0.151 e. The van der Waals surface area contributed by atoms with Gasteiger partial charge >= 0.3 is 0 Å². The Morgan fingerprint density at radius 2 is 1.32 bits per heavy atom. The predicted molar refractivity (Wildman–Crippen MR) is 160 cm³/mol. The minimum absolute atomic E-state index is 0.00489. The number of carbonyl (C=O) groups is 1. The van der Waals surface area contributed by atoms with Crippen LogP contribution in [0.3, 0.4) is 0 Å². The number of rotatable bonds is 16. The van der Waals surface area contributed by atoms with Crippen LogP contribution in [0.1, 0.15) is 57.4 Å². The van der Waals surface area contributed by atoms with Gasteiger partial charge in [0, 0.05) is 25.2 Å². The monoisotopic (exact) mass is 582 g/mol. The molecule has 0 bridgehead atoms. The molecule has 0 aromatic heterocycles. The predicted octanol–water partition coefficient (Wildman–Crippen LogP) is 9.41. The summed E-state index contributed by atoms with van der Waals surface area (Å²) in [5, 5.41) is 17.4. The highest BCUT2D eigenvalue weighted by Gasteiger charge is 2.05. The van der Waals surface area contributed by atoms with Gasteiger partial charge in [-0.2, -0.15) is 15.3 Å². The minimum Gasteiger partial charge on any atom is -0.494 e. The van der Waals surface area contributed by atoms with Crippen LogP contribution >= 0.6 is 11.6 Å². The van der Waals surface area contributed by atoms with E-state index >= 15 is 0 Å². The van der Waals surface area contributed by atoms with E-state index in [0.717, 1.165) is 32.1 Å². The van der Waals surface area contributed by atoms with Crippen molar-refractivity contribution in [2.24, 2.45) is 20.5 Å². The second-order valence-electron chi connectivity index (χ2n) is 9.52. The largest absolute Gasteiger partial charge is 0.494 e. The van der Waals surface area contributed by atoms with Crippen molar-refractivity contribution in [2.45, 2.75) is 57.6 Å². The lowest BCUT2D eigenvalue weighted by molar-refractivity contribution is -0.118. The Morgan fingerprint density at radius 3 is 1.90 bits per heavy atom. The van der Waals surface area contributed by atoms with E-state index in [1.54, 1.807) is 60.7 Å². The van der Waals surface area contributed by atoms with Gasteiger partial charge in [-0.05, 0) is 66.9 Å². The number of hydrogen-bond acceptors (Lipinski definition) is 8. The van der Waals surface area contributed by atoms with E-state index in [1.807, 2.05) is 13.0 Å². The second kappa shape index (κ2) is 16.0. The van der Waals surface area contributed by atoms with Crippen molar-refractivity contribution < 1.29 is 17.9 Å². The molecule has 0 aliphatic rings. The second-order valence-corrected chi connectivity index (χ2v) is 12.1. The van der Waals surface area contributed by atoms with Crippen molar-refractivity contribution in [3.63, 3.8) is 0 Å². The van der Waals surface area contributed by atoms with Crippen LogP contribution in [0.25, 0.3) is 0 Å². The number of benzene rings is 3. The molecular formula is C30H35ClN4O4S. The lowest BCUT2D eigenvalue weighted by atomic mass is 10.1. The van der Waals surface area contributed by atoms with E-state index in [9.17, 15) is 13.2 Å². The fraction of sp³-hybridized carbons (Fsp3) is 0.367. The Kier molecular flexibility index (Phi) is 12.4. The van der Waals surface area contributed by atoms with Crippen molar-refractivity contribution in [2.75, 3.05) is 12.9 Å². The van der Waals surface area contributed by atoms with Gasteiger partial charge in [0.25, 0.3) is 0 Å². The van der Waals surface area contributed by atoms with Gasteiger partial charge in [0.15, 0.2) is 9.84 Å². The van der Waals surface area contributed by atoms with Crippen LogP contribution in [-0.4, -0.2) is 27.1 Å².